The number of hydrazine groups is 1. The Labute approximate surface area is 42.8 Å². The first-order chi connectivity index (χ1) is 2.91. The molecule has 0 aromatic carbocycles. The van der Waals surface area contributed by atoms with E-state index in [1.807, 2.05) is 6.08 Å². The fourth-order valence-corrected chi connectivity index (χ4v) is 0.226. The molecule has 6 heavy (non-hydrogen) atoms. The van der Waals surface area contributed by atoms with Crippen LogP contribution in [0.3, 0.4) is 0 Å². The van der Waals surface area contributed by atoms with Gasteiger partial charge in [-0.25, -0.2) is 0 Å². The highest BCUT2D eigenvalue weighted by Crippen LogP contribution is 1.70. The minimum Gasteiger partial charge on any atom is -0.271 e. The normalized spacial score (nSPS) is 10.3. The van der Waals surface area contributed by atoms with Crippen molar-refractivity contribution in [3.63, 3.8) is 0 Å². The molecule has 0 aromatic heterocycles. The third-order valence-corrected chi connectivity index (χ3v) is 0.552. The molecule has 0 aromatic rings. The van der Waals surface area contributed by atoms with Crippen LogP contribution in [0.2, 0.25) is 0 Å². The first kappa shape index (κ1) is 6.01. The quantitative estimate of drug-likeness (QED) is 0.260. The van der Waals surface area contributed by atoms with Gasteiger partial charge in [0.25, 0.3) is 0 Å². The van der Waals surface area contributed by atoms with Crippen LogP contribution in [0.5, 0.6) is 0 Å². The van der Waals surface area contributed by atoms with Gasteiger partial charge in [0.2, 0.25) is 0 Å². The summed E-state index contributed by atoms with van der Waals surface area (Å²) >= 11 is 3.78. The van der Waals surface area contributed by atoms with Crippen molar-refractivity contribution in [1.82, 2.24) is 5.43 Å². The molecule has 2 nitrogen and oxygen atoms in total. The van der Waals surface area contributed by atoms with Crippen LogP contribution in [0.4, 0.5) is 0 Å². The van der Waals surface area contributed by atoms with Crippen molar-refractivity contribution < 1.29 is 0 Å². The van der Waals surface area contributed by atoms with Crippen LogP contribution in [-0.4, -0.2) is 6.54 Å². The van der Waals surface area contributed by atoms with Crippen molar-refractivity contribution in [2.75, 3.05) is 6.54 Å². The maximum atomic E-state index is 4.88. The highest BCUT2D eigenvalue weighted by Gasteiger charge is 1.61. The molecular weight excluding hydrogens is 96.1 g/mol. The van der Waals surface area contributed by atoms with Crippen molar-refractivity contribution >= 4 is 12.6 Å². The van der Waals surface area contributed by atoms with Gasteiger partial charge in [0.05, 0.1) is 0 Å². The highest BCUT2D eigenvalue weighted by molar-refractivity contribution is 7.83. The third kappa shape index (κ3) is 4.01. The van der Waals surface area contributed by atoms with Crippen LogP contribution < -0.4 is 11.3 Å². The molecule has 3 N–H and O–H groups in total. The van der Waals surface area contributed by atoms with Gasteiger partial charge in [0.15, 0.2) is 0 Å². The molecule has 0 radical (unpaired) electrons. The van der Waals surface area contributed by atoms with Gasteiger partial charge >= 0.3 is 0 Å². The number of thiol groups is 1. The van der Waals surface area contributed by atoms with Crippen LogP contribution >= 0.6 is 12.6 Å². The lowest BCUT2D eigenvalue weighted by atomic mass is 10.7. The average molecular weight is 104 g/mol. The molecule has 0 rings (SSSR count). The first-order valence-corrected chi connectivity index (χ1v) is 2.16. The SMILES string of the molecule is NNCC=CS. The van der Waals surface area contributed by atoms with E-state index in [1.54, 1.807) is 5.41 Å². The van der Waals surface area contributed by atoms with Gasteiger partial charge in [-0.2, -0.15) is 12.6 Å². The van der Waals surface area contributed by atoms with Gasteiger partial charge in [-0.3, -0.25) is 11.3 Å². The zero-order valence-corrected chi connectivity index (χ0v) is 4.28. The average Bonchev–Trinajstić information content (AvgIpc) is 1.61. The minimum atomic E-state index is 0.684. The maximum Gasteiger partial charge on any atom is 0.0286 e. The Kier molecular flexibility index (Phi) is 5.02. The molecule has 36 valence electrons. The van der Waals surface area contributed by atoms with E-state index in [2.05, 4.69) is 18.1 Å². The van der Waals surface area contributed by atoms with Crippen molar-refractivity contribution in [2.24, 2.45) is 5.84 Å². The Bertz CT molecular complexity index is 44.1. The molecule has 0 saturated carbocycles. The number of nitrogens with two attached hydrogens (primary N) is 1. The van der Waals surface area contributed by atoms with E-state index in [0.29, 0.717) is 6.54 Å². The Morgan fingerprint density at radius 3 is 2.67 bits per heavy atom. The van der Waals surface area contributed by atoms with E-state index in [9.17, 15) is 0 Å². The molecule has 0 spiro atoms. The first-order valence-electron chi connectivity index (χ1n) is 1.64. The number of hydrogen-bond acceptors (Lipinski definition) is 3. The summed E-state index contributed by atoms with van der Waals surface area (Å²) in [7, 11) is 0. The van der Waals surface area contributed by atoms with Gasteiger partial charge in [0.1, 0.15) is 0 Å². The maximum absolute atomic E-state index is 4.88. The van der Waals surface area contributed by atoms with E-state index in [0.717, 1.165) is 0 Å². The van der Waals surface area contributed by atoms with Gasteiger partial charge in [0, 0.05) is 6.54 Å². The Balaban J connectivity index is 2.66. The Morgan fingerprint density at radius 1 is 1.83 bits per heavy atom. The molecule has 0 aliphatic carbocycles. The Hall–Kier alpha value is 0.01000. The second-order valence-corrected chi connectivity index (χ2v) is 1.09. The molecule has 0 atom stereocenters. The predicted molar refractivity (Wildman–Crippen MR) is 30.3 cm³/mol. The summed E-state index contributed by atoms with van der Waals surface area (Å²) in [6.45, 7) is 0.684. The molecule has 0 bridgehead atoms. The highest BCUT2D eigenvalue weighted by atomic mass is 32.1. The van der Waals surface area contributed by atoms with E-state index in [1.165, 1.54) is 0 Å². The standard InChI is InChI=1S/C3H8N2S/c4-5-2-1-3-6/h1,3,5-6H,2,4H2. The van der Waals surface area contributed by atoms with Crippen LogP contribution in [0, 0.1) is 0 Å². The van der Waals surface area contributed by atoms with E-state index < -0.39 is 0 Å². The lowest BCUT2D eigenvalue weighted by Gasteiger charge is -1.82. The summed E-state index contributed by atoms with van der Waals surface area (Å²) in [5.74, 6) is 4.88. The van der Waals surface area contributed by atoms with E-state index in [-0.39, 0.29) is 0 Å². The summed E-state index contributed by atoms with van der Waals surface area (Å²) in [6, 6.07) is 0. The van der Waals surface area contributed by atoms with Gasteiger partial charge < -0.3 is 0 Å². The van der Waals surface area contributed by atoms with Gasteiger partial charge in [-0.15, -0.1) is 0 Å². The zero-order chi connectivity index (χ0) is 4.83. The van der Waals surface area contributed by atoms with Crippen LogP contribution in [0.15, 0.2) is 11.5 Å². The largest absolute Gasteiger partial charge is 0.271 e. The second-order valence-electron chi connectivity index (χ2n) is 0.793. The fraction of sp³-hybridized carbons (Fsp3) is 0.333. The number of rotatable bonds is 2. The van der Waals surface area contributed by atoms with Crippen molar-refractivity contribution in [1.29, 1.82) is 0 Å². The topological polar surface area (TPSA) is 38.0 Å². The summed E-state index contributed by atoms with van der Waals surface area (Å²) in [5.41, 5.74) is 2.43. The lowest BCUT2D eigenvalue weighted by molar-refractivity contribution is 0.824. The molecule has 0 aliphatic rings. The second kappa shape index (κ2) is 5.01. The van der Waals surface area contributed by atoms with Crippen molar-refractivity contribution in [2.45, 2.75) is 0 Å². The molecule has 0 aliphatic heterocycles. The predicted octanol–water partition coefficient (Wildman–Crippen LogP) is -0.107. The van der Waals surface area contributed by atoms with Gasteiger partial charge in [-0.1, -0.05) is 6.08 Å². The van der Waals surface area contributed by atoms with Crippen LogP contribution in [0.25, 0.3) is 0 Å². The Morgan fingerprint density at radius 2 is 2.50 bits per heavy atom. The molecule has 3 heteroatoms. The summed E-state index contributed by atoms with van der Waals surface area (Å²) in [5, 5.41) is 1.64. The van der Waals surface area contributed by atoms with Crippen molar-refractivity contribution in [3.05, 3.63) is 11.5 Å². The smallest absolute Gasteiger partial charge is 0.0286 e. The molecule has 0 unspecified atom stereocenters. The molecule has 0 heterocycles. The van der Waals surface area contributed by atoms with Crippen LogP contribution in [-0.2, 0) is 0 Å². The summed E-state index contributed by atoms with van der Waals surface area (Å²) in [4.78, 5) is 0. The summed E-state index contributed by atoms with van der Waals surface area (Å²) < 4.78 is 0. The van der Waals surface area contributed by atoms with Gasteiger partial charge in [-0.05, 0) is 5.41 Å². The monoisotopic (exact) mass is 104 g/mol. The molecule has 0 fully saturated rings. The minimum absolute atomic E-state index is 0.684. The molecule has 0 amide bonds. The van der Waals surface area contributed by atoms with E-state index in [4.69, 9.17) is 5.84 Å². The zero-order valence-electron chi connectivity index (χ0n) is 3.39. The lowest BCUT2D eigenvalue weighted by Crippen LogP contribution is -2.21. The number of hydrogen-bond donors (Lipinski definition) is 3. The summed E-state index contributed by atoms with van der Waals surface area (Å²) in [6.07, 6.45) is 1.81. The fourth-order valence-electron chi connectivity index (χ4n) is 0.121. The number of nitrogens with one attached hydrogen (secondary N) is 1. The molecule has 0 saturated heterocycles. The molecular formula is C3H8N2S. The van der Waals surface area contributed by atoms with Crippen LogP contribution in [0.1, 0.15) is 0 Å². The third-order valence-electron chi connectivity index (χ3n) is 0.341. The van der Waals surface area contributed by atoms with Crippen molar-refractivity contribution in [3.8, 4) is 0 Å². The van der Waals surface area contributed by atoms with E-state index >= 15 is 0 Å².